The lowest BCUT2D eigenvalue weighted by atomic mass is 9.89. The van der Waals surface area contributed by atoms with Crippen molar-refractivity contribution in [2.24, 2.45) is 10.7 Å². The fourth-order valence-electron chi connectivity index (χ4n) is 4.24. The van der Waals surface area contributed by atoms with Gasteiger partial charge in [-0.2, -0.15) is 13.2 Å². The summed E-state index contributed by atoms with van der Waals surface area (Å²) in [5.41, 5.74) is 5.53. The van der Waals surface area contributed by atoms with Crippen molar-refractivity contribution in [2.75, 3.05) is 40.3 Å². The number of hydrogen-bond donors (Lipinski definition) is 3. The Kier molecular flexibility index (Phi) is 13.0. The molecule has 1 aliphatic rings. The normalized spacial score (nSPS) is 15.4. The van der Waals surface area contributed by atoms with Gasteiger partial charge >= 0.3 is 6.18 Å². The predicted octanol–water partition coefficient (Wildman–Crippen LogP) is 4.91. The van der Waals surface area contributed by atoms with E-state index in [1.807, 2.05) is 39.1 Å². The Hall–Kier alpha value is -3.37. The number of amides is 1. The SMILES string of the molecule is CC.CNCCN1CCC(c2cccc(N=C(/C=C(\N)C(F)(F)F)C(=O)NCc3ccccc3OC)c2)CC1. The molecule has 1 fully saturated rings. The number of benzene rings is 2. The highest BCUT2D eigenvalue weighted by Crippen LogP contribution is 2.30. The highest BCUT2D eigenvalue weighted by Gasteiger charge is 2.32. The maximum absolute atomic E-state index is 13.2. The number of likely N-dealkylation sites (N-methyl/N-ethyl adjacent to an activating group) is 1. The smallest absolute Gasteiger partial charge is 0.430 e. The van der Waals surface area contributed by atoms with Gasteiger partial charge in [-0.3, -0.25) is 4.79 Å². The van der Waals surface area contributed by atoms with Crippen molar-refractivity contribution >= 4 is 17.3 Å². The molecular weight excluding hydrogens is 507 g/mol. The van der Waals surface area contributed by atoms with E-state index in [0.29, 0.717) is 29.0 Å². The summed E-state index contributed by atoms with van der Waals surface area (Å²) >= 11 is 0. The number of hydrogen-bond acceptors (Lipinski definition) is 6. The van der Waals surface area contributed by atoms with Crippen LogP contribution in [0.25, 0.3) is 0 Å². The Labute approximate surface area is 229 Å². The average Bonchev–Trinajstić information content (AvgIpc) is 2.95. The highest BCUT2D eigenvalue weighted by molar-refractivity contribution is 6.44. The van der Waals surface area contributed by atoms with E-state index < -0.39 is 23.5 Å². The van der Waals surface area contributed by atoms with Crippen LogP contribution in [0.3, 0.4) is 0 Å². The van der Waals surface area contributed by atoms with Gasteiger partial charge in [0.05, 0.1) is 12.8 Å². The fraction of sp³-hybridized carbons (Fsp3) is 0.448. The minimum Gasteiger partial charge on any atom is -0.496 e. The van der Waals surface area contributed by atoms with Crippen LogP contribution in [-0.4, -0.2) is 63.0 Å². The summed E-state index contributed by atoms with van der Waals surface area (Å²) in [5.74, 6) is 0.0947. The standard InChI is InChI=1S/C27H34F3N5O2.C2H6/c1-32-12-15-35-13-10-19(11-14-35)20-7-5-8-22(16-20)34-23(17-25(31)27(28,29)30)26(36)33-18-21-6-3-4-9-24(21)37-2;1-2/h3-9,16-17,19,32H,10-15,18,31H2,1-2H3,(H,33,36);1-2H3/b25-17-,34-23?;. The van der Waals surface area contributed by atoms with Crippen LogP contribution < -0.4 is 21.1 Å². The van der Waals surface area contributed by atoms with Crippen molar-refractivity contribution in [2.45, 2.75) is 45.3 Å². The second kappa shape index (κ2) is 15.9. The Bertz CT molecular complexity index is 1110. The van der Waals surface area contributed by atoms with E-state index in [9.17, 15) is 18.0 Å². The van der Waals surface area contributed by atoms with Gasteiger partial charge in [-0.1, -0.05) is 44.2 Å². The van der Waals surface area contributed by atoms with Crippen LogP contribution in [0.5, 0.6) is 5.75 Å². The molecule has 1 heterocycles. The zero-order chi connectivity index (χ0) is 28.8. The highest BCUT2D eigenvalue weighted by atomic mass is 19.4. The molecular formula is C29H40F3N5O2. The maximum Gasteiger partial charge on any atom is 0.430 e. The molecule has 0 saturated carbocycles. The molecule has 0 radical (unpaired) electrons. The Morgan fingerprint density at radius 2 is 1.85 bits per heavy atom. The van der Waals surface area contributed by atoms with Gasteiger partial charge in [0.25, 0.3) is 5.91 Å². The summed E-state index contributed by atoms with van der Waals surface area (Å²) in [7, 11) is 3.43. The number of methoxy groups -OCH3 is 1. The number of para-hydroxylation sites is 1. The van der Waals surface area contributed by atoms with E-state index in [4.69, 9.17) is 10.5 Å². The summed E-state index contributed by atoms with van der Waals surface area (Å²) in [6.07, 6.45) is -2.26. The van der Waals surface area contributed by atoms with Gasteiger partial charge in [-0.25, -0.2) is 4.99 Å². The van der Waals surface area contributed by atoms with Crippen LogP contribution in [0.2, 0.25) is 0 Å². The molecule has 0 aromatic heterocycles. The molecule has 0 aliphatic carbocycles. The largest absolute Gasteiger partial charge is 0.496 e. The van der Waals surface area contributed by atoms with Crippen LogP contribution in [-0.2, 0) is 11.3 Å². The van der Waals surface area contributed by atoms with Crippen LogP contribution >= 0.6 is 0 Å². The lowest BCUT2D eigenvalue weighted by molar-refractivity contribution is -0.114. The third kappa shape index (κ3) is 10.0. The third-order valence-corrected chi connectivity index (χ3v) is 6.34. The molecule has 0 unspecified atom stereocenters. The average molecular weight is 548 g/mol. The second-order valence-corrected chi connectivity index (χ2v) is 8.90. The number of carbonyl (C=O) groups excluding carboxylic acids is 1. The first-order valence-corrected chi connectivity index (χ1v) is 13.2. The summed E-state index contributed by atoms with van der Waals surface area (Å²) in [6, 6.07) is 14.3. The van der Waals surface area contributed by atoms with Crippen molar-refractivity contribution in [1.29, 1.82) is 0 Å². The van der Waals surface area contributed by atoms with Gasteiger partial charge in [0.1, 0.15) is 17.2 Å². The van der Waals surface area contributed by atoms with E-state index in [0.717, 1.165) is 44.6 Å². The van der Waals surface area contributed by atoms with Gasteiger partial charge in [0.2, 0.25) is 0 Å². The quantitative estimate of drug-likeness (QED) is 0.368. The molecule has 39 heavy (non-hydrogen) atoms. The van der Waals surface area contributed by atoms with Crippen LogP contribution in [0.4, 0.5) is 18.9 Å². The number of alkyl halides is 3. The lowest BCUT2D eigenvalue weighted by Gasteiger charge is -2.32. The van der Waals surface area contributed by atoms with Crippen molar-refractivity contribution in [3.8, 4) is 5.75 Å². The van der Waals surface area contributed by atoms with Crippen LogP contribution in [0.15, 0.2) is 65.3 Å². The zero-order valence-electron chi connectivity index (χ0n) is 23.1. The Morgan fingerprint density at radius 3 is 2.49 bits per heavy atom. The van der Waals surface area contributed by atoms with Crippen molar-refractivity contribution in [1.82, 2.24) is 15.5 Å². The molecule has 0 spiro atoms. The number of halogens is 3. The number of aliphatic imine (C=N–C) groups is 1. The van der Waals surface area contributed by atoms with Crippen LogP contribution in [0, 0.1) is 0 Å². The second-order valence-electron chi connectivity index (χ2n) is 8.90. The summed E-state index contributed by atoms with van der Waals surface area (Å²) in [4.78, 5) is 19.6. The molecule has 2 aromatic rings. The molecule has 1 amide bonds. The summed E-state index contributed by atoms with van der Waals surface area (Å²) < 4.78 is 44.8. The van der Waals surface area contributed by atoms with E-state index in [-0.39, 0.29) is 6.54 Å². The number of allylic oxidation sites excluding steroid dienone is 1. The number of carbonyl (C=O) groups is 1. The number of nitrogens with one attached hydrogen (secondary N) is 2. The first-order chi connectivity index (χ1) is 18.7. The molecule has 2 aromatic carbocycles. The Balaban J connectivity index is 0.00000260. The summed E-state index contributed by atoms with van der Waals surface area (Å²) in [5, 5.41) is 5.78. The van der Waals surface area contributed by atoms with E-state index >= 15 is 0 Å². The lowest BCUT2D eigenvalue weighted by Crippen LogP contribution is -2.37. The van der Waals surface area contributed by atoms with Gasteiger partial charge in [-0.15, -0.1) is 0 Å². The van der Waals surface area contributed by atoms with Gasteiger partial charge in [0.15, 0.2) is 0 Å². The molecule has 214 valence electrons. The zero-order valence-corrected chi connectivity index (χ0v) is 23.1. The summed E-state index contributed by atoms with van der Waals surface area (Å²) in [6.45, 7) is 7.93. The predicted molar refractivity (Wildman–Crippen MR) is 150 cm³/mol. The minimum absolute atomic E-state index is 0.0494. The Morgan fingerprint density at radius 1 is 1.15 bits per heavy atom. The molecule has 3 rings (SSSR count). The molecule has 1 aliphatic heterocycles. The van der Waals surface area contributed by atoms with Crippen molar-refractivity contribution in [3.05, 3.63) is 71.4 Å². The molecule has 4 N–H and O–H groups in total. The van der Waals surface area contributed by atoms with Gasteiger partial charge in [-0.05, 0) is 68.7 Å². The first-order valence-electron chi connectivity index (χ1n) is 13.2. The number of nitrogens with two attached hydrogens (primary N) is 1. The molecule has 0 bridgehead atoms. The number of ether oxygens (including phenoxy) is 1. The number of piperidine rings is 1. The van der Waals surface area contributed by atoms with E-state index in [1.54, 1.807) is 30.3 Å². The van der Waals surface area contributed by atoms with E-state index in [2.05, 4.69) is 20.5 Å². The monoisotopic (exact) mass is 547 g/mol. The number of nitrogens with zero attached hydrogens (tertiary/aromatic N) is 2. The van der Waals surface area contributed by atoms with Gasteiger partial charge in [0, 0.05) is 25.2 Å². The van der Waals surface area contributed by atoms with Crippen molar-refractivity contribution in [3.63, 3.8) is 0 Å². The number of rotatable bonds is 10. The topological polar surface area (TPSA) is 92.0 Å². The number of likely N-dealkylation sites (tertiary alicyclic amines) is 1. The molecule has 0 atom stereocenters. The maximum atomic E-state index is 13.2. The van der Waals surface area contributed by atoms with Gasteiger partial charge < -0.3 is 26.0 Å². The fourth-order valence-corrected chi connectivity index (χ4v) is 4.24. The van der Waals surface area contributed by atoms with E-state index in [1.165, 1.54) is 7.11 Å². The first kappa shape index (κ1) is 31.8. The molecule has 7 nitrogen and oxygen atoms in total. The molecule has 10 heteroatoms. The van der Waals surface area contributed by atoms with Crippen LogP contribution in [0.1, 0.15) is 43.7 Å². The minimum atomic E-state index is -4.78. The molecule has 1 saturated heterocycles. The third-order valence-electron chi connectivity index (χ3n) is 6.34. The van der Waals surface area contributed by atoms with Crippen molar-refractivity contribution < 1.29 is 22.7 Å².